The monoisotopic (exact) mass is 687 g/mol. The number of amidine groups is 1. The highest BCUT2D eigenvalue weighted by atomic mass is 15.3. The Morgan fingerprint density at radius 3 is 1.85 bits per heavy atom. The van der Waals surface area contributed by atoms with Gasteiger partial charge in [0.2, 0.25) is 0 Å². The topological polar surface area (TPSA) is 36.4 Å². The van der Waals surface area contributed by atoms with Gasteiger partial charge in [-0.15, -0.1) is 0 Å². The highest BCUT2D eigenvalue weighted by molar-refractivity contribution is 6.00. The molecule has 2 aliphatic carbocycles. The predicted octanol–water partition coefficient (Wildman–Crippen LogP) is 11.6. The van der Waals surface area contributed by atoms with Crippen LogP contribution < -0.4 is 10.6 Å². The van der Waals surface area contributed by atoms with Crippen LogP contribution in [0.3, 0.4) is 0 Å². The fourth-order valence-corrected chi connectivity index (χ4v) is 8.95. The molecule has 0 bridgehead atoms. The van der Waals surface area contributed by atoms with E-state index in [2.05, 4.69) is 201 Å². The van der Waals surface area contributed by atoms with Gasteiger partial charge >= 0.3 is 0 Å². The van der Waals surface area contributed by atoms with Crippen LogP contribution in [0.4, 0.5) is 0 Å². The molecule has 3 nitrogen and oxygen atoms in total. The Morgan fingerprint density at radius 2 is 1.13 bits per heavy atom. The molecule has 4 atom stereocenters. The third-order valence-corrected chi connectivity index (χ3v) is 11.7. The van der Waals surface area contributed by atoms with Crippen molar-refractivity contribution in [2.24, 2.45) is 10.9 Å². The van der Waals surface area contributed by atoms with E-state index in [0.717, 1.165) is 23.4 Å². The number of benzene rings is 6. The summed E-state index contributed by atoms with van der Waals surface area (Å²) in [7, 11) is 0. The van der Waals surface area contributed by atoms with Crippen molar-refractivity contribution >= 4 is 17.0 Å². The summed E-state index contributed by atoms with van der Waals surface area (Å²) in [5, 5.41) is 7.64. The molecule has 0 spiro atoms. The minimum atomic E-state index is -0.189. The van der Waals surface area contributed by atoms with Gasteiger partial charge in [-0.05, 0) is 73.6 Å². The summed E-state index contributed by atoms with van der Waals surface area (Å²) in [6, 6.07) is 57.4. The SMILES string of the molecule is CCC1C(c2ccccc2)=CC=C(c2ccc(C3=NC(c4ccccc4)NC(c4ccc5c(c4)C(C)(C)c4ccccc4-5)N3)cc2)C1c1ccccc1. The van der Waals surface area contributed by atoms with Gasteiger partial charge in [0.25, 0.3) is 0 Å². The molecule has 1 heterocycles. The second kappa shape index (κ2) is 13.7. The number of nitrogens with zero attached hydrogens (tertiary/aromatic N) is 1. The zero-order valence-electron chi connectivity index (χ0n) is 30.6. The third-order valence-electron chi connectivity index (χ3n) is 11.7. The maximum atomic E-state index is 5.28. The van der Waals surface area contributed by atoms with E-state index in [-0.39, 0.29) is 23.7 Å². The normalized spacial score (nSPS) is 21.4. The van der Waals surface area contributed by atoms with Gasteiger partial charge in [-0.1, -0.05) is 191 Å². The van der Waals surface area contributed by atoms with Crippen LogP contribution in [0.2, 0.25) is 0 Å². The molecule has 0 radical (unpaired) electrons. The van der Waals surface area contributed by atoms with Crippen LogP contribution in [-0.4, -0.2) is 5.84 Å². The number of nitrogens with one attached hydrogen (secondary N) is 2. The van der Waals surface area contributed by atoms with Crippen LogP contribution in [0, 0.1) is 5.92 Å². The molecule has 1 aliphatic heterocycles. The maximum Gasteiger partial charge on any atom is 0.131 e. The predicted molar refractivity (Wildman–Crippen MR) is 221 cm³/mol. The number of fused-ring (bicyclic) bond motifs is 3. The lowest BCUT2D eigenvalue weighted by Gasteiger charge is -2.35. The van der Waals surface area contributed by atoms with Gasteiger partial charge in [0.05, 0.1) is 0 Å². The second-order valence-electron chi connectivity index (χ2n) is 15.1. The van der Waals surface area contributed by atoms with Crippen LogP contribution in [-0.2, 0) is 5.41 Å². The highest BCUT2D eigenvalue weighted by Crippen LogP contribution is 2.50. The number of allylic oxidation sites excluding steroid dienone is 4. The summed E-state index contributed by atoms with van der Waals surface area (Å²) in [5.74, 6) is 1.52. The first-order valence-electron chi connectivity index (χ1n) is 19.0. The lowest BCUT2D eigenvalue weighted by Crippen LogP contribution is -2.45. The fourth-order valence-electron chi connectivity index (χ4n) is 8.95. The number of hydrogen-bond acceptors (Lipinski definition) is 3. The van der Waals surface area contributed by atoms with E-state index >= 15 is 0 Å². The van der Waals surface area contributed by atoms with E-state index in [1.165, 1.54) is 55.7 Å². The van der Waals surface area contributed by atoms with Crippen molar-refractivity contribution in [2.45, 2.75) is 50.9 Å². The Bertz CT molecular complexity index is 2350. The zero-order valence-corrected chi connectivity index (χ0v) is 30.6. The summed E-state index contributed by atoms with van der Waals surface area (Å²) < 4.78 is 0. The van der Waals surface area contributed by atoms with Crippen molar-refractivity contribution in [3.63, 3.8) is 0 Å². The molecule has 260 valence electrons. The van der Waals surface area contributed by atoms with Gasteiger partial charge in [-0.25, -0.2) is 4.99 Å². The smallest absolute Gasteiger partial charge is 0.131 e. The number of aliphatic imine (C=N–C) groups is 1. The second-order valence-corrected chi connectivity index (χ2v) is 15.1. The Morgan fingerprint density at radius 1 is 0.547 bits per heavy atom. The summed E-state index contributed by atoms with van der Waals surface area (Å²) in [6.45, 7) is 7.01. The van der Waals surface area contributed by atoms with E-state index in [1.807, 2.05) is 0 Å². The first-order valence-corrected chi connectivity index (χ1v) is 19.0. The molecule has 0 aromatic heterocycles. The van der Waals surface area contributed by atoms with Crippen molar-refractivity contribution in [1.29, 1.82) is 0 Å². The van der Waals surface area contributed by atoms with E-state index in [0.29, 0.717) is 5.92 Å². The van der Waals surface area contributed by atoms with Crippen LogP contribution in [0.25, 0.3) is 22.3 Å². The zero-order chi connectivity index (χ0) is 35.9. The van der Waals surface area contributed by atoms with Gasteiger partial charge in [0.15, 0.2) is 0 Å². The lowest BCUT2D eigenvalue weighted by atomic mass is 9.69. The molecule has 0 fully saturated rings. The first kappa shape index (κ1) is 33.1. The van der Waals surface area contributed by atoms with Crippen molar-refractivity contribution in [3.05, 3.63) is 214 Å². The molecule has 0 saturated carbocycles. The van der Waals surface area contributed by atoms with E-state index in [4.69, 9.17) is 4.99 Å². The van der Waals surface area contributed by atoms with E-state index in [9.17, 15) is 0 Å². The van der Waals surface area contributed by atoms with E-state index in [1.54, 1.807) is 0 Å². The Kier molecular flexibility index (Phi) is 8.52. The summed E-state index contributed by atoms with van der Waals surface area (Å²) in [5.41, 5.74) is 15.5. The Hall–Kier alpha value is -5.77. The molecular formula is C50H45N3. The minimum Gasteiger partial charge on any atom is -0.350 e. The molecule has 3 heteroatoms. The Labute approximate surface area is 313 Å². The molecule has 6 aromatic carbocycles. The average molecular weight is 688 g/mol. The van der Waals surface area contributed by atoms with Gasteiger partial charge < -0.3 is 5.32 Å². The third kappa shape index (κ3) is 5.96. The van der Waals surface area contributed by atoms with Crippen LogP contribution in [0.15, 0.2) is 175 Å². The van der Waals surface area contributed by atoms with Crippen molar-refractivity contribution in [2.75, 3.05) is 0 Å². The number of rotatable bonds is 7. The van der Waals surface area contributed by atoms with Gasteiger partial charge in [-0.2, -0.15) is 0 Å². The standard InChI is InChI=1S/C50H45N3/c1-4-39-40(33-16-8-5-9-17-33)30-31-41(46(39)35-18-10-6-11-19-35)34-24-26-37(27-25-34)48-51-47(36-20-12-7-13-21-36)52-49(53-48)38-28-29-43-42-22-14-15-23-44(42)50(2,3)45(43)32-38/h5-32,39,46-47,49,52H,4H2,1-3H3,(H,51,53). The van der Waals surface area contributed by atoms with Crippen LogP contribution in [0.1, 0.15) is 89.9 Å². The minimum absolute atomic E-state index is 0.0680. The molecule has 0 amide bonds. The summed E-state index contributed by atoms with van der Waals surface area (Å²) in [4.78, 5) is 5.28. The molecule has 2 N–H and O–H groups in total. The van der Waals surface area contributed by atoms with E-state index < -0.39 is 0 Å². The fraction of sp³-hybridized carbons (Fsp3) is 0.180. The van der Waals surface area contributed by atoms with Gasteiger partial charge in [0, 0.05) is 16.9 Å². The molecule has 53 heavy (non-hydrogen) atoms. The average Bonchev–Trinajstić information content (AvgIpc) is 3.46. The largest absolute Gasteiger partial charge is 0.350 e. The number of hydrogen-bond donors (Lipinski definition) is 2. The quantitative estimate of drug-likeness (QED) is 0.175. The van der Waals surface area contributed by atoms with Crippen molar-refractivity contribution < 1.29 is 0 Å². The van der Waals surface area contributed by atoms with Crippen LogP contribution >= 0.6 is 0 Å². The molecule has 3 aliphatic rings. The molecular weight excluding hydrogens is 643 g/mol. The van der Waals surface area contributed by atoms with Crippen molar-refractivity contribution in [3.8, 4) is 11.1 Å². The highest BCUT2D eigenvalue weighted by Gasteiger charge is 2.37. The Balaban J connectivity index is 1.07. The van der Waals surface area contributed by atoms with Gasteiger partial charge in [0.1, 0.15) is 18.2 Å². The molecule has 9 rings (SSSR count). The summed E-state index contributed by atoms with van der Waals surface area (Å²) >= 11 is 0. The summed E-state index contributed by atoms with van der Waals surface area (Å²) in [6.07, 6.45) is 5.46. The van der Waals surface area contributed by atoms with Crippen LogP contribution in [0.5, 0.6) is 0 Å². The van der Waals surface area contributed by atoms with Gasteiger partial charge in [-0.3, -0.25) is 5.32 Å². The van der Waals surface area contributed by atoms with Crippen molar-refractivity contribution in [1.82, 2.24) is 10.6 Å². The first-order chi connectivity index (χ1) is 26.0. The molecule has 4 unspecified atom stereocenters. The maximum absolute atomic E-state index is 5.28. The molecule has 6 aromatic rings. The lowest BCUT2D eigenvalue weighted by molar-refractivity contribution is 0.408. The molecule has 0 saturated heterocycles.